The number of para-hydroxylation sites is 1. The van der Waals surface area contributed by atoms with Gasteiger partial charge < -0.3 is 37.3 Å². The molecule has 1 unspecified atom stereocenters. The Bertz CT molecular complexity index is 2760. The van der Waals surface area contributed by atoms with Gasteiger partial charge >= 0.3 is 0 Å². The Kier molecular flexibility index (Phi) is 17.0. The summed E-state index contributed by atoms with van der Waals surface area (Å²) in [5.41, 5.74) is 8.15. The van der Waals surface area contributed by atoms with Gasteiger partial charge in [-0.15, -0.1) is 5.56 Å². The summed E-state index contributed by atoms with van der Waals surface area (Å²) in [4.78, 5) is 77.7. The van der Waals surface area contributed by atoms with Crippen LogP contribution in [0, 0.1) is 25.4 Å². The van der Waals surface area contributed by atoms with Gasteiger partial charge in [-0.2, -0.15) is 29.4 Å². The number of carbonyl (C=O) groups is 5. The number of amides is 3. The molecule has 2 aromatic heterocycles. The molecule has 2 atom stereocenters. The number of nitrogens with two attached hydrogens (primary N) is 1. The second kappa shape index (κ2) is 22.6. The van der Waals surface area contributed by atoms with E-state index in [1.807, 2.05) is 39.1 Å². The molecule has 3 amide bonds. The van der Waals surface area contributed by atoms with E-state index < -0.39 is 17.4 Å². The largest absolute Gasteiger partial charge is 0.457 e. The maximum absolute atomic E-state index is 15.6. The van der Waals surface area contributed by atoms with Gasteiger partial charge in [-0.05, 0) is 83.8 Å². The maximum Gasteiger partial charge on any atom is 0.252 e. The number of hydrogen-bond donors (Lipinski definition) is 2. The molecule has 1 saturated carbocycles. The van der Waals surface area contributed by atoms with Crippen LogP contribution in [-0.2, 0) is 65.0 Å². The Morgan fingerprint density at radius 2 is 1.85 bits per heavy atom. The van der Waals surface area contributed by atoms with Crippen LogP contribution < -0.4 is 15.8 Å². The normalized spacial score (nSPS) is 17.1. The molecule has 1 saturated heterocycles. The molecule has 4 heterocycles. The number of ether oxygens (including phenoxy) is 1. The van der Waals surface area contributed by atoms with Gasteiger partial charge in [-0.1, -0.05) is 29.8 Å². The van der Waals surface area contributed by atoms with Crippen molar-refractivity contribution in [2.45, 2.75) is 89.5 Å². The Balaban J connectivity index is 0.000000333. The van der Waals surface area contributed by atoms with E-state index >= 15 is 4.39 Å². The summed E-state index contributed by atoms with van der Waals surface area (Å²) in [6.45, 7) is 17.6. The van der Waals surface area contributed by atoms with Gasteiger partial charge in [0, 0.05) is 75.9 Å². The number of hydrogen-bond acceptors (Lipinski definition) is 11. The van der Waals surface area contributed by atoms with Crippen molar-refractivity contribution in [3.05, 3.63) is 126 Å². The number of fused-ring (bicyclic) bond motifs is 2. The van der Waals surface area contributed by atoms with E-state index in [2.05, 4.69) is 38.0 Å². The monoisotopic (exact) mass is 997 g/mol. The number of Topliss-reactive ketones (excluding diaryl/α,β-unsaturated/α-hetero) is 2. The minimum Gasteiger partial charge on any atom is -0.457 e. The average molecular weight is 998 g/mol. The summed E-state index contributed by atoms with van der Waals surface area (Å²) in [5.74, 6) is -0.394. The fourth-order valence-corrected chi connectivity index (χ4v) is 8.58. The fraction of sp³-hybridized carbons (Fsp3) is 0.360. The molecule has 1 radical (unpaired) electrons. The van der Waals surface area contributed by atoms with Gasteiger partial charge in [-0.3, -0.25) is 24.1 Å². The first-order chi connectivity index (χ1) is 32.1. The van der Waals surface area contributed by atoms with Crippen molar-refractivity contribution in [3.8, 4) is 22.8 Å². The number of aromatic nitrogens is 4. The van der Waals surface area contributed by atoms with Gasteiger partial charge in [0.25, 0.3) is 5.91 Å². The first-order valence-corrected chi connectivity index (χ1v) is 22.2. The number of likely N-dealkylation sites (N-methyl/N-ethyl adjacent to an activating group) is 1. The van der Waals surface area contributed by atoms with Crippen LogP contribution in [0.5, 0.6) is 11.5 Å². The van der Waals surface area contributed by atoms with Crippen LogP contribution in [0.2, 0.25) is 0 Å². The minimum atomic E-state index is -0.576. The summed E-state index contributed by atoms with van der Waals surface area (Å²) in [6, 6.07) is 21.3. The molecule has 3 aliphatic rings. The summed E-state index contributed by atoms with van der Waals surface area (Å²) in [7, 11) is 1.95. The van der Waals surface area contributed by atoms with Gasteiger partial charge in [-0.25, -0.2) is 23.9 Å². The first-order valence-electron chi connectivity index (χ1n) is 22.2. The van der Waals surface area contributed by atoms with Crippen LogP contribution >= 0.6 is 0 Å². The smallest absolute Gasteiger partial charge is 0.252 e. The zero-order valence-electron chi connectivity index (χ0n) is 38.4. The predicted molar refractivity (Wildman–Crippen MR) is 248 cm³/mol. The number of carbonyl (C=O) groups excluding carboxylic acids is 5. The Morgan fingerprint density at radius 3 is 2.56 bits per heavy atom. The number of unbranched alkanes of at least 4 members (excludes halogenated alkanes) is 1. The van der Waals surface area contributed by atoms with E-state index in [9.17, 15) is 24.0 Å². The number of nitrogens with one attached hydrogen (secondary N) is 1. The van der Waals surface area contributed by atoms with E-state index in [1.165, 1.54) is 12.4 Å². The quantitative estimate of drug-likeness (QED) is 0.0544. The van der Waals surface area contributed by atoms with Crippen LogP contribution in [0.15, 0.2) is 84.8 Å². The molecule has 3 aromatic carbocycles. The number of nitrogens with zero attached hydrogens (tertiary/aromatic N) is 8. The van der Waals surface area contributed by atoms with E-state index in [4.69, 9.17) is 22.1 Å². The fourth-order valence-electron chi connectivity index (χ4n) is 8.58. The van der Waals surface area contributed by atoms with Gasteiger partial charge in [0.2, 0.25) is 5.70 Å². The van der Waals surface area contributed by atoms with Gasteiger partial charge in [0.05, 0.1) is 42.9 Å². The first kappa shape index (κ1) is 51.1. The third kappa shape index (κ3) is 11.8. The maximum atomic E-state index is 15.6. The summed E-state index contributed by atoms with van der Waals surface area (Å²) in [6.07, 6.45) is 6.94. The van der Waals surface area contributed by atoms with Crippen molar-refractivity contribution in [2.75, 3.05) is 32.4 Å². The van der Waals surface area contributed by atoms with Crippen LogP contribution in [0.1, 0.15) is 74.7 Å². The van der Waals surface area contributed by atoms with Crippen molar-refractivity contribution in [1.82, 2.24) is 39.8 Å². The van der Waals surface area contributed by atoms with Crippen molar-refractivity contribution in [2.24, 2.45) is 0 Å². The predicted octanol–water partition coefficient (Wildman–Crippen LogP) is 6.37. The van der Waals surface area contributed by atoms with Gasteiger partial charge in [0.15, 0.2) is 17.3 Å². The Hall–Kier alpha value is -6.35. The number of halogens is 1. The second-order valence-corrected chi connectivity index (χ2v) is 17.3. The van der Waals surface area contributed by atoms with Crippen molar-refractivity contribution < 1.29 is 65.8 Å². The molecule has 18 heteroatoms. The van der Waals surface area contributed by atoms with Crippen LogP contribution in [0.4, 0.5) is 10.2 Å². The van der Waals surface area contributed by atoms with Crippen LogP contribution in [0.3, 0.4) is 0 Å². The number of rotatable bonds is 14. The van der Waals surface area contributed by atoms with Crippen LogP contribution in [0.25, 0.3) is 27.1 Å². The standard InChI is InChI=1S/C36H41FN9O3.C14H12NO3.Y/c1-24(47)40-17-9-10-18-44(5)36(2,3)21-30(39-4)35(48)45-19-11-12-25(45)22-46-34-31(33(38)41-23-42-34)32(43-46)28-16-15-27(20-29(28)37)49-26-13-7-6-8-14-26;16-10-5-6-12(13(17)7-10)15-8-9-3-1-2-4-11(9)14(15)18;/h6-8,13-16,20-21,23,25H,1,9-12,17-19,22H2,2-3,5H3,(H,40,47)(H2,38,41,42);1-2,4,12H,5-8H2;/q2*-1;/b30-21-;;/t25-;;/m0../s1. The number of anilines is 1. The second-order valence-electron chi connectivity index (χ2n) is 17.3. The molecule has 68 heavy (non-hydrogen) atoms. The van der Waals surface area contributed by atoms with Gasteiger partial charge in [0.1, 0.15) is 40.9 Å². The Labute approximate surface area is 420 Å². The summed E-state index contributed by atoms with van der Waals surface area (Å²) in [5, 5.41) is 7.86. The number of ketones is 2. The molecule has 2 aliphatic heterocycles. The molecule has 351 valence electrons. The third-order valence-electron chi connectivity index (χ3n) is 12.4. The summed E-state index contributed by atoms with van der Waals surface area (Å²) >= 11 is 0. The molecule has 2 fully saturated rings. The van der Waals surface area contributed by atoms with E-state index in [0.29, 0.717) is 73.5 Å². The molecule has 5 aromatic rings. The molecular weight excluding hydrogens is 945 g/mol. The third-order valence-corrected chi connectivity index (χ3v) is 12.4. The topological polar surface area (TPSA) is 190 Å². The van der Waals surface area contributed by atoms with Crippen molar-refractivity contribution >= 4 is 46.1 Å². The number of likely N-dealkylation sites (tertiary alicyclic amines) is 1. The molecule has 1 aliphatic carbocycles. The van der Waals surface area contributed by atoms with Crippen LogP contribution in [-0.4, -0.2) is 108 Å². The molecule has 16 nitrogen and oxygen atoms in total. The molecule has 3 N–H and O–H groups in total. The van der Waals surface area contributed by atoms with E-state index in [1.54, 1.807) is 63.0 Å². The molecule has 0 spiro atoms. The summed E-state index contributed by atoms with van der Waals surface area (Å²) < 4.78 is 23.1. The average Bonchev–Trinajstić information content (AvgIpc) is 4.02. The van der Waals surface area contributed by atoms with E-state index in [-0.39, 0.29) is 104 Å². The number of nitrogen functional groups attached to an aromatic ring is 1. The van der Waals surface area contributed by atoms with E-state index in [0.717, 1.165) is 24.8 Å². The zero-order chi connectivity index (χ0) is 47.8. The molecule has 0 bridgehead atoms. The Morgan fingerprint density at radius 1 is 1.07 bits per heavy atom. The molecule has 8 rings (SSSR count). The van der Waals surface area contributed by atoms with Crippen molar-refractivity contribution in [1.29, 1.82) is 0 Å². The van der Waals surface area contributed by atoms with Crippen molar-refractivity contribution in [3.63, 3.8) is 0 Å². The SMILES string of the molecule is O=C1CCC(N2Cc3[c-]cccc3C2=O)C(=O)C1.[C-]#[N+]/C(=C\C(C)(C)N(C)CCCCNC([CH2-])=O)C(=O)N1CCC[C@H]1Cn1nc(-c2ccc(Oc3ccccc3)cc2F)c2c(N)ncnc21.[Y]. The minimum absolute atomic E-state index is 0. The molecular formula is C50H53FN10O6Y-2. The number of benzene rings is 3. The zero-order valence-corrected chi connectivity index (χ0v) is 41.3.